The summed E-state index contributed by atoms with van der Waals surface area (Å²) in [5.41, 5.74) is 0.742. The van der Waals surface area contributed by atoms with Crippen LogP contribution in [-0.2, 0) is 0 Å². The fourth-order valence-corrected chi connectivity index (χ4v) is 2.99. The van der Waals surface area contributed by atoms with Gasteiger partial charge in [-0.3, -0.25) is 4.99 Å². The smallest absolute Gasteiger partial charge is 0.161 e. The molecule has 0 bridgehead atoms. The highest BCUT2D eigenvalue weighted by Gasteiger charge is 2.14. The number of hydrogen-bond donors (Lipinski definition) is 1. The second kappa shape index (κ2) is 5.30. The zero-order chi connectivity index (χ0) is 11.5. The lowest BCUT2D eigenvalue weighted by Crippen LogP contribution is -2.18. The summed E-state index contributed by atoms with van der Waals surface area (Å²) in [4.78, 5) is 4.51. The molecule has 1 atom stereocenters. The quantitative estimate of drug-likeness (QED) is 0.827. The number of halogens is 2. The molecule has 2 rings (SSSR count). The van der Waals surface area contributed by atoms with E-state index in [2.05, 4.69) is 17.2 Å². The van der Waals surface area contributed by atoms with Crippen molar-refractivity contribution in [1.82, 2.24) is 0 Å². The number of nitrogens with zero attached hydrogens (tertiary/aromatic N) is 1. The molecule has 1 aliphatic heterocycles. The van der Waals surface area contributed by atoms with Crippen LogP contribution in [0.25, 0.3) is 0 Å². The third kappa shape index (κ3) is 2.84. The second-order valence-electron chi connectivity index (χ2n) is 3.64. The molecule has 1 aromatic rings. The van der Waals surface area contributed by atoms with E-state index in [4.69, 9.17) is 23.2 Å². The van der Waals surface area contributed by atoms with Crippen molar-refractivity contribution in [2.45, 2.75) is 19.4 Å². The topological polar surface area (TPSA) is 24.4 Å². The van der Waals surface area contributed by atoms with E-state index in [9.17, 15) is 0 Å². The lowest BCUT2D eigenvalue weighted by Gasteiger charge is -2.18. The normalized spacial score (nSPS) is 20.4. The number of para-hydroxylation sites is 1. The van der Waals surface area contributed by atoms with Crippen molar-refractivity contribution in [3.05, 3.63) is 28.2 Å². The van der Waals surface area contributed by atoms with Crippen LogP contribution in [0.15, 0.2) is 23.2 Å². The van der Waals surface area contributed by atoms with Crippen molar-refractivity contribution in [2.24, 2.45) is 4.99 Å². The maximum atomic E-state index is 6.07. The molecule has 5 heteroatoms. The van der Waals surface area contributed by atoms with Gasteiger partial charge in [0, 0.05) is 5.75 Å². The van der Waals surface area contributed by atoms with Crippen molar-refractivity contribution >= 4 is 45.8 Å². The Hall–Kier alpha value is -0.380. The average molecular weight is 275 g/mol. The molecule has 1 aromatic carbocycles. The average Bonchev–Trinajstić information content (AvgIpc) is 2.24. The fourth-order valence-electron chi connectivity index (χ4n) is 1.42. The molecule has 16 heavy (non-hydrogen) atoms. The summed E-state index contributed by atoms with van der Waals surface area (Å²) in [6.07, 6.45) is 1.12. The Labute approximate surface area is 109 Å². The summed E-state index contributed by atoms with van der Waals surface area (Å²) in [6.45, 7) is 2.11. The van der Waals surface area contributed by atoms with Gasteiger partial charge in [-0.05, 0) is 25.5 Å². The van der Waals surface area contributed by atoms with Crippen molar-refractivity contribution < 1.29 is 0 Å². The number of anilines is 1. The van der Waals surface area contributed by atoms with Gasteiger partial charge in [0.05, 0.1) is 21.8 Å². The van der Waals surface area contributed by atoms with Crippen molar-refractivity contribution in [3.8, 4) is 0 Å². The Bertz CT molecular complexity index is 400. The standard InChI is InChI=1S/C11H12Cl2N2S/c1-7-5-6-16-11(14-7)15-10-8(12)3-2-4-9(10)13/h2-4,7H,5-6H2,1H3,(H,14,15). The molecule has 0 saturated carbocycles. The summed E-state index contributed by atoms with van der Waals surface area (Å²) in [7, 11) is 0. The van der Waals surface area contributed by atoms with E-state index in [1.165, 1.54) is 0 Å². The van der Waals surface area contributed by atoms with E-state index in [-0.39, 0.29) is 0 Å². The summed E-state index contributed by atoms with van der Waals surface area (Å²) in [6, 6.07) is 5.82. The third-order valence-corrected chi connectivity index (χ3v) is 3.86. The van der Waals surface area contributed by atoms with E-state index in [1.807, 2.05) is 18.2 Å². The summed E-state index contributed by atoms with van der Waals surface area (Å²) >= 11 is 13.8. The molecule has 0 spiro atoms. The van der Waals surface area contributed by atoms with Gasteiger partial charge in [0.15, 0.2) is 5.17 Å². The van der Waals surface area contributed by atoms with Gasteiger partial charge in [-0.1, -0.05) is 41.0 Å². The lowest BCUT2D eigenvalue weighted by molar-refractivity contribution is 0.720. The Kier molecular flexibility index (Phi) is 4.00. The monoisotopic (exact) mass is 274 g/mol. The molecule has 1 aliphatic rings. The first-order valence-corrected chi connectivity index (χ1v) is 6.82. The number of benzene rings is 1. The highest BCUT2D eigenvalue weighted by atomic mass is 35.5. The zero-order valence-electron chi connectivity index (χ0n) is 8.84. The van der Waals surface area contributed by atoms with Crippen LogP contribution < -0.4 is 5.32 Å². The second-order valence-corrected chi connectivity index (χ2v) is 5.54. The Morgan fingerprint density at radius 2 is 2.06 bits per heavy atom. The Balaban J connectivity index is 2.20. The van der Waals surface area contributed by atoms with Crippen LogP contribution in [0, 0.1) is 0 Å². The minimum absolute atomic E-state index is 0.366. The van der Waals surface area contributed by atoms with Gasteiger partial charge in [0.1, 0.15) is 0 Å². The van der Waals surface area contributed by atoms with Gasteiger partial charge in [-0.15, -0.1) is 0 Å². The number of rotatable bonds is 1. The van der Waals surface area contributed by atoms with Crippen LogP contribution in [0.5, 0.6) is 0 Å². The number of nitrogens with one attached hydrogen (secondary N) is 1. The highest BCUT2D eigenvalue weighted by molar-refractivity contribution is 8.14. The molecule has 86 valence electrons. The first kappa shape index (κ1) is 12.1. The van der Waals surface area contributed by atoms with Crippen LogP contribution in [0.1, 0.15) is 13.3 Å². The minimum Gasteiger partial charge on any atom is -0.333 e. The predicted molar refractivity (Wildman–Crippen MR) is 74.1 cm³/mol. The highest BCUT2D eigenvalue weighted by Crippen LogP contribution is 2.31. The molecule has 0 aromatic heterocycles. The van der Waals surface area contributed by atoms with Crippen LogP contribution in [-0.4, -0.2) is 17.0 Å². The van der Waals surface area contributed by atoms with Gasteiger partial charge in [-0.2, -0.15) is 0 Å². The maximum Gasteiger partial charge on any atom is 0.161 e. The minimum atomic E-state index is 0.366. The van der Waals surface area contributed by atoms with Gasteiger partial charge < -0.3 is 5.32 Å². The number of amidine groups is 1. The zero-order valence-corrected chi connectivity index (χ0v) is 11.2. The molecule has 2 nitrogen and oxygen atoms in total. The van der Waals surface area contributed by atoms with Crippen LogP contribution >= 0.6 is 35.0 Å². The van der Waals surface area contributed by atoms with E-state index in [0.717, 1.165) is 23.0 Å². The Morgan fingerprint density at radius 1 is 1.38 bits per heavy atom. The number of thioether (sulfide) groups is 1. The molecule has 0 saturated heterocycles. The first-order valence-electron chi connectivity index (χ1n) is 5.08. The molecular formula is C11H12Cl2N2S. The molecular weight excluding hydrogens is 263 g/mol. The third-order valence-electron chi connectivity index (χ3n) is 2.31. The van der Waals surface area contributed by atoms with Crippen molar-refractivity contribution in [2.75, 3.05) is 11.1 Å². The molecule has 1 unspecified atom stereocenters. The molecule has 1 heterocycles. The Morgan fingerprint density at radius 3 is 2.69 bits per heavy atom. The van der Waals surface area contributed by atoms with Crippen molar-refractivity contribution in [1.29, 1.82) is 0 Å². The lowest BCUT2D eigenvalue weighted by atomic mass is 10.3. The van der Waals surface area contributed by atoms with Gasteiger partial charge in [0.2, 0.25) is 0 Å². The van der Waals surface area contributed by atoms with Crippen LogP contribution in [0.4, 0.5) is 5.69 Å². The van der Waals surface area contributed by atoms with E-state index >= 15 is 0 Å². The summed E-state index contributed by atoms with van der Waals surface area (Å²) in [5.74, 6) is 1.08. The summed E-state index contributed by atoms with van der Waals surface area (Å²) < 4.78 is 0. The maximum absolute atomic E-state index is 6.07. The fraction of sp³-hybridized carbons (Fsp3) is 0.364. The van der Waals surface area contributed by atoms with Gasteiger partial charge in [0.25, 0.3) is 0 Å². The van der Waals surface area contributed by atoms with Crippen LogP contribution in [0.2, 0.25) is 10.0 Å². The van der Waals surface area contributed by atoms with Gasteiger partial charge in [-0.25, -0.2) is 0 Å². The molecule has 0 aliphatic carbocycles. The molecule has 0 radical (unpaired) electrons. The molecule has 0 amide bonds. The van der Waals surface area contributed by atoms with E-state index in [0.29, 0.717) is 16.1 Å². The van der Waals surface area contributed by atoms with Crippen molar-refractivity contribution in [3.63, 3.8) is 0 Å². The number of hydrogen-bond acceptors (Lipinski definition) is 3. The largest absolute Gasteiger partial charge is 0.333 e. The van der Waals surface area contributed by atoms with E-state index < -0.39 is 0 Å². The first-order chi connectivity index (χ1) is 7.66. The number of aliphatic imine (C=N–C) groups is 1. The van der Waals surface area contributed by atoms with Gasteiger partial charge >= 0.3 is 0 Å². The van der Waals surface area contributed by atoms with Crippen LogP contribution in [0.3, 0.4) is 0 Å². The summed E-state index contributed by atoms with van der Waals surface area (Å²) in [5, 5.41) is 5.33. The van der Waals surface area contributed by atoms with E-state index in [1.54, 1.807) is 11.8 Å². The SMILES string of the molecule is CC1CCSC(Nc2c(Cl)cccc2Cl)=N1. The molecule has 0 fully saturated rings. The molecule has 1 N–H and O–H groups in total. The predicted octanol–water partition coefficient (Wildman–Crippen LogP) is 4.29.